The van der Waals surface area contributed by atoms with Gasteiger partial charge in [0.05, 0.1) is 63.6 Å². The molecule has 0 spiro atoms. The molecular weight excluding hydrogens is 296 g/mol. The van der Waals surface area contributed by atoms with Gasteiger partial charge < -0.3 is 36.5 Å². The van der Waals surface area contributed by atoms with Crippen LogP contribution in [-0.4, -0.2) is 63.6 Å². The summed E-state index contributed by atoms with van der Waals surface area (Å²) in [5, 5.41) is 0. The van der Waals surface area contributed by atoms with Gasteiger partial charge in [0.25, 0.3) is 0 Å². The van der Waals surface area contributed by atoms with Crippen molar-refractivity contribution in [1.82, 2.24) is 0 Å². The number of terminal acetylenes is 1. The average Bonchev–Trinajstić information content (AvgIpc) is 3.47. The molecule has 5 atom stereocenters. The van der Waals surface area contributed by atoms with E-state index in [9.17, 15) is 0 Å². The van der Waals surface area contributed by atoms with Crippen LogP contribution < -0.4 is 0 Å². The first-order valence-corrected chi connectivity index (χ1v) is 7.69. The van der Waals surface area contributed by atoms with Gasteiger partial charge in [-0.1, -0.05) is 30.4 Å². The second kappa shape index (κ2) is 9.66. The summed E-state index contributed by atoms with van der Waals surface area (Å²) in [7, 11) is 0. The van der Waals surface area contributed by atoms with Crippen molar-refractivity contribution in [3.63, 3.8) is 0 Å². The largest absolute Gasteiger partial charge is 0.697 e. The third-order valence-corrected chi connectivity index (χ3v) is 3.14. The maximum absolute atomic E-state index is 5.25. The van der Waals surface area contributed by atoms with E-state index in [0.717, 1.165) is 33.0 Å². The van der Waals surface area contributed by atoms with Crippen molar-refractivity contribution < 1.29 is 26.5 Å². The lowest BCUT2D eigenvalue weighted by atomic mass is 10.3. The Kier molecular flexibility index (Phi) is 7.53. The second-order valence-corrected chi connectivity index (χ2v) is 5.36. The number of epoxide rings is 5. The Labute approximate surface area is 140 Å². The SMILES string of the molecule is C(=C/C1CO1)/C1CO1.C(=C\C1CO1)/C1CO1.C=CC1CO1.[C-]#C.[HH].[HH]. The van der Waals surface area contributed by atoms with Crippen LogP contribution >= 0.6 is 0 Å². The Morgan fingerprint density at radius 2 is 0.870 bits per heavy atom. The lowest BCUT2D eigenvalue weighted by molar-refractivity contribution is 0.431. The normalized spacial score (nSPS) is 37.2. The van der Waals surface area contributed by atoms with E-state index in [1.54, 1.807) is 6.08 Å². The molecule has 0 radical (unpaired) electrons. The van der Waals surface area contributed by atoms with E-state index in [-0.39, 0.29) is 2.85 Å². The Morgan fingerprint density at radius 1 is 0.652 bits per heavy atom. The second-order valence-electron chi connectivity index (χ2n) is 5.36. The minimum Gasteiger partial charge on any atom is -0.697 e. The molecule has 0 aromatic rings. The molecule has 5 nitrogen and oxygen atoms in total. The first-order chi connectivity index (χ1) is 11.3. The molecule has 5 fully saturated rings. The first-order valence-electron chi connectivity index (χ1n) is 7.69. The summed E-state index contributed by atoms with van der Waals surface area (Å²) < 4.78 is 24.5. The van der Waals surface area contributed by atoms with Crippen molar-refractivity contribution in [2.75, 3.05) is 33.0 Å². The fraction of sp³-hybridized carbons (Fsp3) is 0.556. The van der Waals surface area contributed by atoms with Crippen LogP contribution in [0, 0.1) is 12.8 Å². The third-order valence-electron chi connectivity index (χ3n) is 3.14. The zero-order valence-electron chi connectivity index (χ0n) is 13.1. The van der Waals surface area contributed by atoms with Gasteiger partial charge in [-0.05, 0) is 0 Å². The van der Waals surface area contributed by atoms with Crippen LogP contribution in [0.4, 0.5) is 0 Å². The Bertz CT molecular complexity index is 374. The summed E-state index contributed by atoms with van der Waals surface area (Å²) in [5.74, 6) is 0. The summed E-state index contributed by atoms with van der Waals surface area (Å²) in [6, 6.07) is 0. The van der Waals surface area contributed by atoms with Crippen molar-refractivity contribution in [3.8, 4) is 6.42 Å². The monoisotopic (exact) mass is 323 g/mol. The van der Waals surface area contributed by atoms with Crippen molar-refractivity contribution in [2.24, 2.45) is 0 Å². The first kappa shape index (κ1) is 17.9. The smallest absolute Gasteiger partial charge is 0.0992 e. The highest BCUT2D eigenvalue weighted by Crippen LogP contribution is 2.16. The van der Waals surface area contributed by atoms with Gasteiger partial charge in [-0.25, -0.2) is 0 Å². The van der Waals surface area contributed by atoms with E-state index in [1.807, 2.05) is 0 Å². The van der Waals surface area contributed by atoms with Gasteiger partial charge in [0, 0.05) is 2.85 Å². The van der Waals surface area contributed by atoms with Crippen molar-refractivity contribution in [2.45, 2.75) is 30.5 Å². The summed E-state index contributed by atoms with van der Waals surface area (Å²) in [5.41, 5.74) is 0. The van der Waals surface area contributed by atoms with Crippen LogP contribution in [0.25, 0.3) is 0 Å². The van der Waals surface area contributed by atoms with Crippen molar-refractivity contribution in [1.29, 1.82) is 0 Å². The van der Waals surface area contributed by atoms with Crippen LogP contribution in [0.3, 0.4) is 0 Å². The topological polar surface area (TPSA) is 62.6 Å². The highest BCUT2D eigenvalue weighted by molar-refractivity contribution is 5.03. The van der Waals surface area contributed by atoms with Gasteiger partial charge in [-0.15, -0.1) is 6.58 Å². The molecule has 5 heterocycles. The van der Waals surface area contributed by atoms with Gasteiger partial charge in [-0.3, -0.25) is 0 Å². The Balaban J connectivity index is 0.000000325. The molecule has 0 bridgehead atoms. The standard InChI is InChI=1S/2C6H8O2.C4H6O.C2H.2H2/c2*1(5-3-7-5)2-6-4-8-6;1-2-4-3-5-4;1-2;;/h2*1-2,5-6H,3-4H2;2,4H,1,3H2;1H;2*1H/q;;;-1;;/b2-1+;2-1-;;;;. The summed E-state index contributed by atoms with van der Waals surface area (Å²) >= 11 is 0. The van der Waals surface area contributed by atoms with Gasteiger partial charge in [0.2, 0.25) is 0 Å². The fourth-order valence-electron chi connectivity index (χ4n) is 1.35. The summed E-state index contributed by atoms with van der Waals surface area (Å²) in [6.07, 6.45) is 21.1. The van der Waals surface area contributed by atoms with Crippen LogP contribution in [0.15, 0.2) is 37.0 Å². The molecule has 0 N–H and O–H groups in total. The van der Waals surface area contributed by atoms with Gasteiger partial charge in [-0.2, -0.15) is 0 Å². The number of hydrogen-bond donors (Lipinski definition) is 0. The molecule has 5 saturated heterocycles. The number of rotatable bonds is 5. The molecule has 5 heteroatoms. The molecule has 0 aromatic heterocycles. The minimum absolute atomic E-state index is 0. The molecule has 0 aromatic carbocycles. The van der Waals surface area contributed by atoms with Crippen molar-refractivity contribution >= 4 is 0 Å². The van der Waals surface area contributed by atoms with E-state index in [0.29, 0.717) is 30.5 Å². The Morgan fingerprint density at radius 3 is 0.957 bits per heavy atom. The molecule has 5 unspecified atom stereocenters. The van der Waals surface area contributed by atoms with E-state index in [1.165, 1.54) is 0 Å². The molecule has 130 valence electrons. The molecule has 5 aliphatic heterocycles. The predicted octanol–water partition coefficient (Wildman–Crippen LogP) is 1.95. The van der Waals surface area contributed by atoms with Crippen molar-refractivity contribution in [3.05, 3.63) is 43.4 Å². The maximum Gasteiger partial charge on any atom is 0.0992 e. The number of hydrogen-bond acceptors (Lipinski definition) is 5. The van der Waals surface area contributed by atoms with Crippen LogP contribution in [0.5, 0.6) is 0 Å². The fourth-order valence-corrected chi connectivity index (χ4v) is 1.35. The predicted molar refractivity (Wildman–Crippen MR) is 89.6 cm³/mol. The van der Waals surface area contributed by atoms with Crippen LogP contribution in [-0.2, 0) is 23.7 Å². The van der Waals surface area contributed by atoms with Gasteiger partial charge in [0.1, 0.15) is 0 Å². The molecule has 5 aliphatic rings. The average molecular weight is 323 g/mol. The molecule has 0 aliphatic carbocycles. The van der Waals surface area contributed by atoms with E-state index < -0.39 is 0 Å². The maximum atomic E-state index is 5.25. The zero-order chi connectivity index (χ0) is 16.5. The van der Waals surface area contributed by atoms with E-state index in [2.05, 4.69) is 37.3 Å². The van der Waals surface area contributed by atoms with Gasteiger partial charge >= 0.3 is 0 Å². The van der Waals surface area contributed by atoms with Crippen LogP contribution in [0.2, 0.25) is 0 Å². The zero-order valence-corrected chi connectivity index (χ0v) is 13.1. The minimum atomic E-state index is 0. The molecular formula is C18H27O5-. The van der Waals surface area contributed by atoms with E-state index >= 15 is 0 Å². The van der Waals surface area contributed by atoms with Gasteiger partial charge in [0.15, 0.2) is 0 Å². The Hall–Kier alpha value is -1.42. The molecule has 0 amide bonds. The quantitative estimate of drug-likeness (QED) is 0.335. The van der Waals surface area contributed by atoms with Crippen LogP contribution in [0.1, 0.15) is 2.85 Å². The molecule has 23 heavy (non-hydrogen) atoms. The summed E-state index contributed by atoms with van der Waals surface area (Å²) in [4.78, 5) is 0. The third kappa shape index (κ3) is 10.9. The lowest BCUT2D eigenvalue weighted by Gasteiger charge is -1.73. The molecule has 0 saturated carbocycles. The molecule has 5 rings (SSSR count). The number of ether oxygens (including phenoxy) is 5. The lowest BCUT2D eigenvalue weighted by Crippen LogP contribution is -1.78. The van der Waals surface area contributed by atoms with E-state index in [4.69, 9.17) is 30.1 Å². The highest BCUT2D eigenvalue weighted by atomic mass is 16.6. The highest BCUT2D eigenvalue weighted by Gasteiger charge is 2.23. The summed E-state index contributed by atoms with van der Waals surface area (Å²) in [6.45, 7) is 8.01.